The number of nitrogens with zero attached hydrogens (tertiary/aromatic N) is 2. The summed E-state index contributed by atoms with van der Waals surface area (Å²) in [6, 6.07) is 11.5. The number of rotatable bonds is 5. The summed E-state index contributed by atoms with van der Waals surface area (Å²) in [4.78, 5) is 17.5. The summed E-state index contributed by atoms with van der Waals surface area (Å²) >= 11 is 1.46. The molecule has 0 saturated carbocycles. The van der Waals surface area contributed by atoms with E-state index in [9.17, 15) is 4.79 Å². The number of hydrogen-bond donors (Lipinski definition) is 0. The van der Waals surface area contributed by atoms with Crippen LogP contribution in [0.2, 0.25) is 0 Å². The highest BCUT2D eigenvalue weighted by atomic mass is 32.1. The average Bonchev–Trinajstić information content (AvgIpc) is 2.98. The molecule has 0 saturated heterocycles. The third-order valence-corrected chi connectivity index (χ3v) is 5.19. The number of fused-ring (bicyclic) bond motifs is 1. The van der Waals surface area contributed by atoms with Crippen LogP contribution in [-0.2, 0) is 17.8 Å². The van der Waals surface area contributed by atoms with Crippen molar-refractivity contribution in [2.24, 2.45) is 4.99 Å². The summed E-state index contributed by atoms with van der Waals surface area (Å²) in [5.74, 6) is 3.65. The van der Waals surface area contributed by atoms with Gasteiger partial charge < -0.3 is 14.0 Å². The molecule has 2 aromatic carbocycles. The zero-order valence-electron chi connectivity index (χ0n) is 15.5. The van der Waals surface area contributed by atoms with E-state index in [0.29, 0.717) is 22.8 Å². The topological polar surface area (TPSA) is 52.8 Å². The molecular weight excluding hydrogens is 360 g/mol. The highest BCUT2D eigenvalue weighted by Crippen LogP contribution is 2.25. The Morgan fingerprint density at radius 1 is 1.22 bits per heavy atom. The second-order valence-corrected chi connectivity index (χ2v) is 7.02. The summed E-state index contributed by atoms with van der Waals surface area (Å²) in [6.07, 6.45) is 5.64. The quantitative estimate of drug-likeness (QED) is 0.638. The third-order valence-electron chi connectivity index (χ3n) is 4.14. The molecule has 5 nitrogen and oxygen atoms in total. The lowest BCUT2D eigenvalue weighted by atomic mass is 10.1. The minimum Gasteiger partial charge on any atom is -0.497 e. The standard InChI is InChI=1S/C21H20N2O3S/c1-5-10-23-17-9-6-14(2)11-19(17)27-21(23)22-20(24)12-15-7-8-16(25-3)13-18(15)26-4/h1,6-9,11,13H,10,12H2,2-4H3. The maximum atomic E-state index is 12.6. The van der Waals surface area contributed by atoms with Crippen molar-refractivity contribution < 1.29 is 14.3 Å². The van der Waals surface area contributed by atoms with Gasteiger partial charge in [0.1, 0.15) is 11.5 Å². The van der Waals surface area contributed by atoms with E-state index in [0.717, 1.165) is 21.3 Å². The molecule has 0 radical (unpaired) electrons. The fraction of sp³-hybridized carbons (Fsp3) is 0.238. The van der Waals surface area contributed by atoms with Crippen LogP contribution in [0.1, 0.15) is 11.1 Å². The van der Waals surface area contributed by atoms with Gasteiger partial charge in [-0.15, -0.1) is 6.42 Å². The van der Waals surface area contributed by atoms with Crippen molar-refractivity contribution in [2.45, 2.75) is 19.9 Å². The lowest BCUT2D eigenvalue weighted by molar-refractivity contribution is -0.117. The van der Waals surface area contributed by atoms with Crippen molar-refractivity contribution in [1.82, 2.24) is 4.57 Å². The van der Waals surface area contributed by atoms with Crippen LogP contribution >= 0.6 is 11.3 Å². The molecule has 3 rings (SSSR count). The van der Waals surface area contributed by atoms with Gasteiger partial charge >= 0.3 is 0 Å². The van der Waals surface area contributed by atoms with Gasteiger partial charge in [0, 0.05) is 11.6 Å². The number of aromatic nitrogens is 1. The number of thiazole rings is 1. The van der Waals surface area contributed by atoms with Crippen LogP contribution in [0.4, 0.5) is 0 Å². The lowest BCUT2D eigenvalue weighted by Crippen LogP contribution is -2.17. The summed E-state index contributed by atoms with van der Waals surface area (Å²) in [6.45, 7) is 2.39. The molecular formula is C21H20N2O3S. The second kappa shape index (κ2) is 8.11. The van der Waals surface area contributed by atoms with E-state index >= 15 is 0 Å². The van der Waals surface area contributed by atoms with Gasteiger partial charge in [-0.05, 0) is 30.7 Å². The molecule has 0 aliphatic carbocycles. The molecule has 6 heteroatoms. The Morgan fingerprint density at radius 2 is 2.04 bits per heavy atom. The zero-order valence-corrected chi connectivity index (χ0v) is 16.3. The second-order valence-electron chi connectivity index (χ2n) is 6.01. The summed E-state index contributed by atoms with van der Waals surface area (Å²) in [5, 5.41) is 0. The van der Waals surface area contributed by atoms with Gasteiger partial charge in [0.15, 0.2) is 4.80 Å². The molecule has 1 amide bonds. The number of methoxy groups -OCH3 is 2. The summed E-state index contributed by atoms with van der Waals surface area (Å²) < 4.78 is 13.5. The molecule has 0 N–H and O–H groups in total. The predicted molar refractivity (Wildman–Crippen MR) is 107 cm³/mol. The Hall–Kier alpha value is -3.04. The van der Waals surface area contributed by atoms with Crippen molar-refractivity contribution in [2.75, 3.05) is 14.2 Å². The normalized spacial score (nSPS) is 11.4. The molecule has 0 fully saturated rings. The number of amides is 1. The van der Waals surface area contributed by atoms with Crippen LogP contribution in [0.3, 0.4) is 0 Å². The van der Waals surface area contributed by atoms with Gasteiger partial charge in [-0.3, -0.25) is 4.79 Å². The van der Waals surface area contributed by atoms with E-state index in [1.54, 1.807) is 26.4 Å². The number of carbonyl (C=O) groups is 1. The SMILES string of the molecule is C#CCn1c(=NC(=O)Cc2ccc(OC)cc2OC)sc2cc(C)ccc21. The molecule has 0 atom stereocenters. The summed E-state index contributed by atoms with van der Waals surface area (Å²) in [5.41, 5.74) is 2.89. The lowest BCUT2D eigenvalue weighted by Gasteiger charge is -2.08. The fourth-order valence-electron chi connectivity index (χ4n) is 2.82. The number of ether oxygens (including phenoxy) is 2. The van der Waals surface area contributed by atoms with Crippen molar-refractivity contribution in [1.29, 1.82) is 0 Å². The first-order valence-corrected chi connectivity index (χ1v) is 9.19. The Morgan fingerprint density at radius 3 is 2.74 bits per heavy atom. The molecule has 0 aliphatic heterocycles. The number of benzene rings is 2. The molecule has 0 spiro atoms. The van der Waals surface area contributed by atoms with Crippen LogP contribution < -0.4 is 14.3 Å². The molecule has 0 aliphatic rings. The Labute approximate surface area is 161 Å². The molecule has 0 unspecified atom stereocenters. The first-order chi connectivity index (χ1) is 13.0. The number of hydrogen-bond acceptors (Lipinski definition) is 4. The van der Waals surface area contributed by atoms with E-state index < -0.39 is 0 Å². The molecule has 1 heterocycles. The first-order valence-electron chi connectivity index (χ1n) is 8.37. The highest BCUT2D eigenvalue weighted by molar-refractivity contribution is 7.16. The molecule has 0 bridgehead atoms. The van der Waals surface area contributed by atoms with Crippen LogP contribution in [-0.4, -0.2) is 24.7 Å². The van der Waals surface area contributed by atoms with Crippen molar-refractivity contribution in [3.05, 3.63) is 52.3 Å². The molecule has 27 heavy (non-hydrogen) atoms. The van der Waals surface area contributed by atoms with Crippen LogP contribution in [0.5, 0.6) is 11.5 Å². The average molecular weight is 380 g/mol. The van der Waals surface area contributed by atoms with E-state index in [1.807, 2.05) is 29.7 Å². The van der Waals surface area contributed by atoms with Gasteiger partial charge in [-0.25, -0.2) is 0 Å². The Kier molecular flexibility index (Phi) is 5.63. The van der Waals surface area contributed by atoms with Gasteiger partial charge in [0.05, 0.1) is 37.4 Å². The number of aryl methyl sites for hydroxylation is 1. The van der Waals surface area contributed by atoms with Gasteiger partial charge in [0.25, 0.3) is 5.91 Å². The largest absolute Gasteiger partial charge is 0.497 e. The van der Waals surface area contributed by atoms with E-state index in [4.69, 9.17) is 15.9 Å². The highest BCUT2D eigenvalue weighted by Gasteiger charge is 2.11. The van der Waals surface area contributed by atoms with Gasteiger partial charge in [-0.2, -0.15) is 4.99 Å². The third kappa shape index (κ3) is 4.04. The Balaban J connectivity index is 1.98. The predicted octanol–water partition coefficient (Wildman–Crippen LogP) is 3.33. The van der Waals surface area contributed by atoms with Crippen molar-refractivity contribution in [3.8, 4) is 23.8 Å². The Bertz CT molecular complexity index is 1100. The maximum absolute atomic E-state index is 12.6. The van der Waals surface area contributed by atoms with E-state index in [2.05, 4.69) is 17.0 Å². The van der Waals surface area contributed by atoms with E-state index in [-0.39, 0.29) is 12.3 Å². The van der Waals surface area contributed by atoms with Gasteiger partial charge in [0.2, 0.25) is 0 Å². The minimum atomic E-state index is -0.257. The van der Waals surface area contributed by atoms with Crippen LogP contribution in [0, 0.1) is 19.3 Å². The number of carbonyl (C=O) groups excluding carboxylic acids is 1. The minimum absolute atomic E-state index is 0.135. The first kappa shape index (κ1) is 18.7. The van der Waals surface area contributed by atoms with Crippen LogP contribution in [0.25, 0.3) is 10.2 Å². The molecule has 138 valence electrons. The maximum Gasteiger partial charge on any atom is 0.252 e. The van der Waals surface area contributed by atoms with Crippen LogP contribution in [0.15, 0.2) is 41.4 Å². The van der Waals surface area contributed by atoms with E-state index in [1.165, 1.54) is 11.3 Å². The zero-order chi connectivity index (χ0) is 19.4. The van der Waals surface area contributed by atoms with Crippen molar-refractivity contribution in [3.63, 3.8) is 0 Å². The van der Waals surface area contributed by atoms with Crippen molar-refractivity contribution >= 4 is 27.5 Å². The molecule has 3 aromatic rings. The summed E-state index contributed by atoms with van der Waals surface area (Å²) in [7, 11) is 3.15. The smallest absolute Gasteiger partial charge is 0.252 e. The monoisotopic (exact) mass is 380 g/mol. The number of terminal acetylenes is 1. The fourth-order valence-corrected chi connectivity index (χ4v) is 3.96. The van der Waals surface area contributed by atoms with Gasteiger partial charge in [-0.1, -0.05) is 29.4 Å². The molecule has 1 aromatic heterocycles.